The third-order valence-corrected chi connectivity index (χ3v) is 4.56. The lowest BCUT2D eigenvalue weighted by Crippen LogP contribution is -2.45. The number of aryl methyl sites for hydroxylation is 2. The summed E-state index contributed by atoms with van der Waals surface area (Å²) in [6.07, 6.45) is 0.0901. The van der Waals surface area contributed by atoms with Crippen LogP contribution in [0.5, 0.6) is 0 Å². The summed E-state index contributed by atoms with van der Waals surface area (Å²) < 4.78 is 4.89. The Bertz CT molecular complexity index is 839. The van der Waals surface area contributed by atoms with E-state index >= 15 is 0 Å². The lowest BCUT2D eigenvalue weighted by Gasteiger charge is -2.22. The van der Waals surface area contributed by atoms with E-state index in [1.807, 2.05) is 31.2 Å². The fourth-order valence-corrected chi connectivity index (χ4v) is 2.93. The molecule has 0 aliphatic heterocycles. The van der Waals surface area contributed by atoms with Crippen molar-refractivity contribution in [2.24, 2.45) is 11.8 Å². The molecule has 1 amide bonds. The van der Waals surface area contributed by atoms with E-state index in [4.69, 9.17) is 4.52 Å². The number of hydrogen-bond donors (Lipinski definition) is 2. The average Bonchev–Trinajstić information content (AvgIpc) is 3.06. The number of aliphatic carboxylic acids is 1. The van der Waals surface area contributed by atoms with Crippen LogP contribution in [0.15, 0.2) is 34.9 Å². The van der Waals surface area contributed by atoms with Crippen LogP contribution in [0.2, 0.25) is 0 Å². The number of aromatic nitrogens is 1. The van der Waals surface area contributed by atoms with Crippen molar-refractivity contribution in [1.29, 1.82) is 0 Å². The number of rotatable bonds is 9. The molecule has 0 fully saturated rings. The molecule has 28 heavy (non-hydrogen) atoms. The van der Waals surface area contributed by atoms with Gasteiger partial charge in [0.1, 0.15) is 5.76 Å². The zero-order chi connectivity index (χ0) is 20.8. The highest BCUT2D eigenvalue weighted by Crippen LogP contribution is 2.17. The van der Waals surface area contributed by atoms with Crippen molar-refractivity contribution in [2.45, 2.75) is 46.6 Å². The van der Waals surface area contributed by atoms with Crippen molar-refractivity contribution in [2.75, 3.05) is 0 Å². The van der Waals surface area contributed by atoms with Gasteiger partial charge in [-0.25, -0.2) is 0 Å². The lowest BCUT2D eigenvalue weighted by molar-refractivity contribution is -0.144. The molecule has 2 N–H and O–H groups in total. The van der Waals surface area contributed by atoms with E-state index in [0.717, 1.165) is 11.1 Å². The second kappa shape index (κ2) is 9.30. The lowest BCUT2D eigenvalue weighted by atomic mass is 9.89. The van der Waals surface area contributed by atoms with Gasteiger partial charge in [-0.15, -0.1) is 0 Å². The van der Waals surface area contributed by atoms with Crippen molar-refractivity contribution in [1.82, 2.24) is 10.5 Å². The molecular weight excluding hydrogens is 360 g/mol. The summed E-state index contributed by atoms with van der Waals surface area (Å²) in [6.45, 7) is 7.21. The summed E-state index contributed by atoms with van der Waals surface area (Å²) >= 11 is 0. The molecule has 0 aliphatic rings. The predicted octanol–water partition coefficient (Wildman–Crippen LogP) is 2.95. The number of nitrogens with one attached hydrogen (secondary N) is 1. The van der Waals surface area contributed by atoms with Crippen molar-refractivity contribution >= 4 is 17.7 Å². The summed E-state index contributed by atoms with van der Waals surface area (Å²) in [4.78, 5) is 36.8. The first-order valence-corrected chi connectivity index (χ1v) is 9.22. The molecule has 0 saturated heterocycles. The summed E-state index contributed by atoms with van der Waals surface area (Å²) in [5.74, 6) is -2.44. The smallest absolute Gasteiger partial charge is 0.307 e. The third kappa shape index (κ3) is 5.77. The van der Waals surface area contributed by atoms with E-state index in [-0.39, 0.29) is 30.2 Å². The summed E-state index contributed by atoms with van der Waals surface area (Å²) in [5, 5.41) is 15.9. The van der Waals surface area contributed by atoms with E-state index in [1.54, 1.807) is 20.8 Å². The first-order chi connectivity index (χ1) is 13.2. The standard InChI is InChI=1S/C21H26N2O5/c1-12(2)19(22-20(25)17-9-14(4)28-23-17)18(24)11-16(21(26)27)10-15-7-5-13(3)6-8-15/h5-9,12,16,19H,10-11H2,1-4H3,(H,22,25)(H,26,27)/t16-,19+/m1/s1. The fourth-order valence-electron chi connectivity index (χ4n) is 2.93. The largest absolute Gasteiger partial charge is 0.481 e. The molecule has 0 unspecified atom stereocenters. The van der Waals surface area contributed by atoms with E-state index < -0.39 is 23.8 Å². The number of carbonyl (C=O) groups excluding carboxylic acids is 2. The van der Waals surface area contributed by atoms with Gasteiger partial charge in [-0.2, -0.15) is 0 Å². The SMILES string of the molecule is Cc1ccc(C[C@H](CC(=O)[C@@H](NC(=O)c2cc(C)on2)C(C)C)C(=O)O)cc1. The number of carboxylic acids is 1. The molecule has 7 nitrogen and oxygen atoms in total. The first kappa shape index (κ1) is 21.3. The van der Waals surface area contributed by atoms with Gasteiger partial charge >= 0.3 is 5.97 Å². The van der Waals surface area contributed by atoms with Gasteiger partial charge in [0, 0.05) is 12.5 Å². The van der Waals surface area contributed by atoms with Gasteiger partial charge in [-0.1, -0.05) is 48.8 Å². The first-order valence-electron chi connectivity index (χ1n) is 9.22. The normalized spacial score (nSPS) is 13.2. The van der Waals surface area contributed by atoms with Gasteiger partial charge in [0.25, 0.3) is 5.91 Å². The van der Waals surface area contributed by atoms with Crippen LogP contribution in [0, 0.1) is 25.7 Å². The van der Waals surface area contributed by atoms with Gasteiger partial charge in [0.15, 0.2) is 11.5 Å². The second-order valence-corrected chi connectivity index (χ2v) is 7.41. The Labute approximate surface area is 164 Å². The van der Waals surface area contributed by atoms with E-state index in [1.165, 1.54) is 6.07 Å². The molecule has 0 spiro atoms. The van der Waals surface area contributed by atoms with Gasteiger partial charge in [-0.3, -0.25) is 14.4 Å². The minimum Gasteiger partial charge on any atom is -0.481 e. The van der Waals surface area contributed by atoms with E-state index in [0.29, 0.717) is 5.76 Å². The molecule has 150 valence electrons. The van der Waals surface area contributed by atoms with E-state index in [2.05, 4.69) is 10.5 Å². The van der Waals surface area contributed by atoms with Crippen molar-refractivity contribution in [3.63, 3.8) is 0 Å². The maximum atomic E-state index is 12.8. The number of carbonyl (C=O) groups is 3. The van der Waals surface area contributed by atoms with Crippen LogP contribution in [0.1, 0.15) is 47.6 Å². The molecule has 1 aromatic carbocycles. The Hall–Kier alpha value is -2.96. The number of nitrogens with zero attached hydrogens (tertiary/aromatic N) is 1. The minimum absolute atomic E-state index is 0.0883. The van der Waals surface area contributed by atoms with Gasteiger partial charge in [-0.05, 0) is 31.7 Å². The van der Waals surface area contributed by atoms with Crippen molar-refractivity contribution < 1.29 is 24.0 Å². The molecule has 0 radical (unpaired) electrons. The number of Topliss-reactive ketones (excluding diaryl/α,β-unsaturated/α-hetero) is 1. The van der Waals surface area contributed by atoms with Crippen LogP contribution in [0.3, 0.4) is 0 Å². The highest BCUT2D eigenvalue weighted by Gasteiger charge is 2.30. The molecule has 0 bridgehead atoms. The molecule has 0 aliphatic carbocycles. The maximum Gasteiger partial charge on any atom is 0.307 e. The van der Waals surface area contributed by atoms with Crippen LogP contribution in [0.25, 0.3) is 0 Å². The number of carboxylic acid groups (broad SMARTS) is 1. The monoisotopic (exact) mass is 386 g/mol. The molecular formula is C21H26N2O5. The molecule has 7 heteroatoms. The highest BCUT2D eigenvalue weighted by molar-refractivity contribution is 5.97. The summed E-state index contributed by atoms with van der Waals surface area (Å²) in [5.41, 5.74) is 2.02. The average molecular weight is 386 g/mol. The zero-order valence-corrected chi connectivity index (χ0v) is 16.6. The molecule has 2 aromatic rings. The highest BCUT2D eigenvalue weighted by atomic mass is 16.5. The van der Waals surface area contributed by atoms with Crippen LogP contribution in [-0.4, -0.2) is 34.0 Å². The molecule has 2 rings (SSSR count). The number of amides is 1. The predicted molar refractivity (Wildman–Crippen MR) is 103 cm³/mol. The Kier molecular flexibility index (Phi) is 7.09. The Morgan fingerprint density at radius 2 is 1.79 bits per heavy atom. The Morgan fingerprint density at radius 3 is 2.29 bits per heavy atom. The van der Waals surface area contributed by atoms with Crippen LogP contribution >= 0.6 is 0 Å². The quantitative estimate of drug-likeness (QED) is 0.686. The Morgan fingerprint density at radius 1 is 1.14 bits per heavy atom. The van der Waals surface area contributed by atoms with E-state index in [9.17, 15) is 19.5 Å². The summed E-state index contributed by atoms with van der Waals surface area (Å²) in [7, 11) is 0. The van der Waals surface area contributed by atoms with Gasteiger partial charge in [0.05, 0.1) is 12.0 Å². The van der Waals surface area contributed by atoms with Crippen molar-refractivity contribution in [3.05, 3.63) is 52.9 Å². The minimum atomic E-state index is -1.03. The second-order valence-electron chi connectivity index (χ2n) is 7.41. The molecule has 1 aromatic heterocycles. The fraction of sp³-hybridized carbons (Fsp3) is 0.429. The van der Waals surface area contributed by atoms with Crippen molar-refractivity contribution in [3.8, 4) is 0 Å². The Balaban J connectivity index is 2.08. The molecule has 0 saturated carbocycles. The topological polar surface area (TPSA) is 110 Å². The molecule has 1 heterocycles. The van der Waals surface area contributed by atoms with Gasteiger partial charge in [0.2, 0.25) is 0 Å². The van der Waals surface area contributed by atoms with Crippen LogP contribution < -0.4 is 5.32 Å². The third-order valence-electron chi connectivity index (χ3n) is 4.56. The van der Waals surface area contributed by atoms with Gasteiger partial charge < -0.3 is 14.9 Å². The number of ketones is 1. The van der Waals surface area contributed by atoms with Crippen LogP contribution in [-0.2, 0) is 16.0 Å². The molecule has 2 atom stereocenters. The zero-order valence-electron chi connectivity index (χ0n) is 16.6. The summed E-state index contributed by atoms with van der Waals surface area (Å²) in [6, 6.07) is 8.23. The number of benzene rings is 1. The van der Waals surface area contributed by atoms with Crippen LogP contribution in [0.4, 0.5) is 0 Å². The maximum absolute atomic E-state index is 12.8. The number of hydrogen-bond acceptors (Lipinski definition) is 5.